The van der Waals surface area contributed by atoms with E-state index in [2.05, 4.69) is 41.1 Å². The van der Waals surface area contributed by atoms with Gasteiger partial charge in [-0.2, -0.15) is 0 Å². The number of benzene rings is 2. The minimum Gasteiger partial charge on any atom is -0.327 e. The molecule has 3 rings (SSSR count). The molecule has 0 aliphatic heterocycles. The summed E-state index contributed by atoms with van der Waals surface area (Å²) in [5, 5.41) is 0. The second-order valence-corrected chi connectivity index (χ2v) is 8.46. The molecule has 2 aromatic carbocycles. The number of nitrogens with one attached hydrogen (secondary N) is 1. The van der Waals surface area contributed by atoms with Crippen molar-refractivity contribution in [3.8, 4) is 0 Å². The fourth-order valence-corrected chi connectivity index (χ4v) is 3.85. The van der Waals surface area contributed by atoms with E-state index in [1.807, 2.05) is 12.1 Å². The van der Waals surface area contributed by atoms with Crippen LogP contribution >= 0.6 is 12.4 Å². The van der Waals surface area contributed by atoms with Gasteiger partial charge in [0.2, 0.25) is 10.0 Å². The molecule has 0 amide bonds. The highest BCUT2D eigenvalue weighted by atomic mass is 35.5. The van der Waals surface area contributed by atoms with Crippen LogP contribution in [0.3, 0.4) is 0 Å². The van der Waals surface area contributed by atoms with E-state index in [9.17, 15) is 8.42 Å². The van der Waals surface area contributed by atoms with E-state index in [0.29, 0.717) is 6.54 Å². The molecule has 2 unspecified atom stereocenters. The molecule has 2 atom stereocenters. The molecule has 136 valence electrons. The summed E-state index contributed by atoms with van der Waals surface area (Å²) in [5.41, 5.74) is 11.3. The standard InChI is InChI=1S/C19H24N2O2S.ClH/c1-24(22,23)21-13-15-7-8-16-9-10-19(20)18(17(16)12-15)11-14-5-3-2-4-6-14;/h2-8,12,18-19,21H,9-11,13,20H2,1H3;1H. The molecule has 4 nitrogen and oxygen atoms in total. The number of fused-ring (bicyclic) bond motifs is 1. The molecule has 0 radical (unpaired) electrons. The van der Waals surface area contributed by atoms with Crippen LogP contribution in [-0.4, -0.2) is 20.7 Å². The highest BCUT2D eigenvalue weighted by Gasteiger charge is 2.27. The molecule has 0 saturated carbocycles. The Bertz CT molecular complexity index is 809. The molecule has 2 aromatic rings. The lowest BCUT2D eigenvalue weighted by Crippen LogP contribution is -2.34. The average molecular weight is 381 g/mol. The summed E-state index contributed by atoms with van der Waals surface area (Å²) in [7, 11) is -3.19. The lowest BCUT2D eigenvalue weighted by Gasteiger charge is -2.32. The number of nitrogens with two attached hydrogens (primary N) is 1. The zero-order valence-electron chi connectivity index (χ0n) is 14.3. The maximum Gasteiger partial charge on any atom is 0.209 e. The maximum absolute atomic E-state index is 11.3. The first-order chi connectivity index (χ1) is 11.4. The summed E-state index contributed by atoms with van der Waals surface area (Å²) >= 11 is 0. The summed E-state index contributed by atoms with van der Waals surface area (Å²) in [5.74, 6) is 0.273. The first-order valence-corrected chi connectivity index (χ1v) is 10.2. The van der Waals surface area contributed by atoms with E-state index in [4.69, 9.17) is 5.73 Å². The Morgan fingerprint density at radius 2 is 1.84 bits per heavy atom. The van der Waals surface area contributed by atoms with Crippen molar-refractivity contribution in [2.24, 2.45) is 5.73 Å². The number of hydrogen-bond acceptors (Lipinski definition) is 3. The lowest BCUT2D eigenvalue weighted by molar-refractivity contribution is 0.467. The lowest BCUT2D eigenvalue weighted by atomic mass is 9.76. The Kier molecular flexibility index (Phi) is 6.63. The van der Waals surface area contributed by atoms with Gasteiger partial charge in [-0.1, -0.05) is 48.5 Å². The number of aryl methyl sites for hydroxylation is 1. The van der Waals surface area contributed by atoms with E-state index in [-0.39, 0.29) is 24.4 Å². The predicted octanol–water partition coefficient (Wildman–Crippen LogP) is 2.76. The third kappa shape index (κ3) is 5.28. The van der Waals surface area contributed by atoms with Gasteiger partial charge in [0.15, 0.2) is 0 Å². The summed E-state index contributed by atoms with van der Waals surface area (Å²) in [6.07, 6.45) is 4.07. The molecule has 0 aromatic heterocycles. The smallest absolute Gasteiger partial charge is 0.209 e. The minimum absolute atomic E-state index is 0. The molecule has 6 heteroatoms. The quantitative estimate of drug-likeness (QED) is 0.837. The highest BCUT2D eigenvalue weighted by Crippen LogP contribution is 2.34. The molecule has 3 N–H and O–H groups in total. The van der Waals surface area contributed by atoms with Crippen LogP contribution in [-0.2, 0) is 29.4 Å². The fourth-order valence-electron chi connectivity index (χ4n) is 3.42. The van der Waals surface area contributed by atoms with Crippen molar-refractivity contribution in [1.82, 2.24) is 4.72 Å². The molecule has 25 heavy (non-hydrogen) atoms. The first kappa shape index (κ1) is 19.9. The fraction of sp³-hybridized carbons (Fsp3) is 0.368. The summed E-state index contributed by atoms with van der Waals surface area (Å²) in [4.78, 5) is 0. The highest BCUT2D eigenvalue weighted by molar-refractivity contribution is 7.88. The number of halogens is 1. The Balaban J connectivity index is 0.00000225. The van der Waals surface area contributed by atoms with Crippen LogP contribution in [0.2, 0.25) is 0 Å². The van der Waals surface area contributed by atoms with E-state index in [1.165, 1.54) is 22.9 Å². The van der Waals surface area contributed by atoms with Crippen molar-refractivity contribution in [2.75, 3.05) is 6.26 Å². The topological polar surface area (TPSA) is 72.2 Å². The van der Waals surface area contributed by atoms with Crippen molar-refractivity contribution >= 4 is 22.4 Å². The average Bonchev–Trinajstić information content (AvgIpc) is 2.56. The van der Waals surface area contributed by atoms with Crippen molar-refractivity contribution in [2.45, 2.75) is 37.8 Å². The van der Waals surface area contributed by atoms with Gasteiger partial charge in [0.1, 0.15) is 0 Å². The van der Waals surface area contributed by atoms with Gasteiger partial charge in [-0.3, -0.25) is 0 Å². The number of hydrogen-bond donors (Lipinski definition) is 2. The minimum atomic E-state index is -3.19. The van der Waals surface area contributed by atoms with Gasteiger partial charge in [0.05, 0.1) is 6.26 Å². The van der Waals surface area contributed by atoms with Gasteiger partial charge in [-0.25, -0.2) is 13.1 Å². The predicted molar refractivity (Wildman–Crippen MR) is 105 cm³/mol. The van der Waals surface area contributed by atoms with Gasteiger partial charge >= 0.3 is 0 Å². The van der Waals surface area contributed by atoms with Crippen LogP contribution in [0.25, 0.3) is 0 Å². The second-order valence-electron chi connectivity index (χ2n) is 6.63. The van der Waals surface area contributed by atoms with Crippen molar-refractivity contribution in [3.05, 3.63) is 70.8 Å². The van der Waals surface area contributed by atoms with Crippen LogP contribution < -0.4 is 10.5 Å². The molecule has 0 bridgehead atoms. The van der Waals surface area contributed by atoms with E-state index in [0.717, 1.165) is 24.8 Å². The number of rotatable bonds is 5. The van der Waals surface area contributed by atoms with Gasteiger partial charge in [-0.15, -0.1) is 12.4 Å². The van der Waals surface area contributed by atoms with Gasteiger partial charge in [-0.05, 0) is 41.5 Å². The van der Waals surface area contributed by atoms with Crippen LogP contribution in [0.1, 0.15) is 34.6 Å². The third-order valence-electron chi connectivity index (χ3n) is 4.71. The van der Waals surface area contributed by atoms with E-state index >= 15 is 0 Å². The molecular formula is C19H25ClN2O2S. The van der Waals surface area contributed by atoms with E-state index in [1.54, 1.807) is 0 Å². The van der Waals surface area contributed by atoms with Crippen molar-refractivity contribution in [3.63, 3.8) is 0 Å². The second kappa shape index (κ2) is 8.32. The van der Waals surface area contributed by atoms with Gasteiger partial charge < -0.3 is 5.73 Å². The van der Waals surface area contributed by atoms with Gasteiger partial charge in [0.25, 0.3) is 0 Å². The monoisotopic (exact) mass is 380 g/mol. The Hall–Kier alpha value is -1.40. The summed E-state index contributed by atoms with van der Waals surface area (Å²) < 4.78 is 25.2. The SMILES string of the molecule is CS(=O)(=O)NCc1ccc2c(c1)C(Cc1ccccc1)C(N)CC2.Cl. The maximum atomic E-state index is 11.3. The Labute approximate surface area is 156 Å². The first-order valence-electron chi connectivity index (χ1n) is 8.28. The van der Waals surface area contributed by atoms with Crippen molar-refractivity contribution < 1.29 is 8.42 Å². The van der Waals surface area contributed by atoms with Crippen LogP contribution in [0.5, 0.6) is 0 Å². The molecular weight excluding hydrogens is 356 g/mol. The van der Waals surface area contributed by atoms with Crippen molar-refractivity contribution in [1.29, 1.82) is 0 Å². The van der Waals surface area contributed by atoms with Crippen LogP contribution in [0.4, 0.5) is 0 Å². The number of sulfonamides is 1. The molecule has 0 heterocycles. The third-order valence-corrected chi connectivity index (χ3v) is 5.38. The molecule has 0 saturated heterocycles. The zero-order chi connectivity index (χ0) is 17.2. The summed E-state index contributed by atoms with van der Waals surface area (Å²) in [6, 6.07) is 16.8. The van der Waals surface area contributed by atoms with E-state index < -0.39 is 10.0 Å². The molecule has 0 fully saturated rings. The largest absolute Gasteiger partial charge is 0.327 e. The normalized spacial score (nSPS) is 19.8. The zero-order valence-corrected chi connectivity index (χ0v) is 15.9. The van der Waals surface area contributed by atoms with Gasteiger partial charge in [0, 0.05) is 18.5 Å². The Morgan fingerprint density at radius 1 is 1.12 bits per heavy atom. The molecule has 1 aliphatic carbocycles. The summed E-state index contributed by atoms with van der Waals surface area (Å²) in [6.45, 7) is 0.319. The molecule has 1 aliphatic rings. The van der Waals surface area contributed by atoms with Crippen LogP contribution in [0.15, 0.2) is 48.5 Å². The Morgan fingerprint density at radius 3 is 2.52 bits per heavy atom. The van der Waals surface area contributed by atoms with Crippen LogP contribution in [0, 0.1) is 0 Å². The molecule has 0 spiro atoms.